The molecule has 1 unspecified atom stereocenters. The molecule has 3 rings (SSSR count). The van der Waals surface area contributed by atoms with Crippen molar-refractivity contribution in [3.8, 4) is 0 Å². The van der Waals surface area contributed by atoms with E-state index < -0.39 is 17.2 Å². The van der Waals surface area contributed by atoms with Gasteiger partial charge in [-0.3, -0.25) is 18.7 Å². The second kappa shape index (κ2) is 7.22. The maximum absolute atomic E-state index is 10.7. The van der Waals surface area contributed by atoms with Gasteiger partial charge in [-0.1, -0.05) is 24.3 Å². The number of aromatic amines is 1. The molecular formula is C12H10N5O3S-. The molecule has 2 aromatic heterocycles. The molecule has 0 aliphatic heterocycles. The molecule has 0 saturated carbocycles. The Kier molecular flexibility index (Phi) is 5.07. The van der Waals surface area contributed by atoms with Crippen LogP contribution in [0.1, 0.15) is 10.5 Å². The van der Waals surface area contributed by atoms with Crippen LogP contribution in [0.4, 0.5) is 0 Å². The first-order valence-electron chi connectivity index (χ1n) is 5.72. The highest BCUT2D eigenvalue weighted by Gasteiger charge is 2.06. The zero-order chi connectivity index (χ0) is 15.1. The minimum Gasteiger partial charge on any atom is -0.755 e. The number of H-pyrrole nitrogens is 1. The maximum atomic E-state index is 10.7. The SMILES string of the molecule is O=C(NS(=O)[O-])c1cn[nH]n1.c1ccc2ncccc2c1. The van der Waals surface area contributed by atoms with Crippen LogP contribution in [0, 0.1) is 0 Å². The van der Waals surface area contributed by atoms with E-state index in [0.29, 0.717) is 0 Å². The molecule has 0 bridgehead atoms. The van der Waals surface area contributed by atoms with E-state index in [1.165, 1.54) is 5.39 Å². The third-order valence-corrected chi connectivity index (χ3v) is 2.69. The van der Waals surface area contributed by atoms with Crippen molar-refractivity contribution >= 4 is 28.1 Å². The van der Waals surface area contributed by atoms with Crippen LogP contribution in [0.2, 0.25) is 0 Å². The molecular weight excluding hydrogens is 294 g/mol. The number of aromatic nitrogens is 4. The van der Waals surface area contributed by atoms with Crippen molar-refractivity contribution in [3.63, 3.8) is 0 Å². The van der Waals surface area contributed by atoms with Gasteiger partial charge in [0.1, 0.15) is 0 Å². The van der Waals surface area contributed by atoms with E-state index in [1.807, 2.05) is 30.5 Å². The predicted molar refractivity (Wildman–Crippen MR) is 74.5 cm³/mol. The number of nitrogens with zero attached hydrogens (tertiary/aromatic N) is 3. The topological polar surface area (TPSA) is 124 Å². The van der Waals surface area contributed by atoms with Crippen molar-refractivity contribution in [1.82, 2.24) is 25.1 Å². The average Bonchev–Trinajstić information content (AvgIpc) is 3.02. The minimum absolute atomic E-state index is 0.0748. The van der Waals surface area contributed by atoms with Crippen LogP contribution in [0.5, 0.6) is 0 Å². The summed E-state index contributed by atoms with van der Waals surface area (Å²) in [6.45, 7) is 0. The van der Waals surface area contributed by atoms with Crippen LogP contribution in [-0.2, 0) is 11.3 Å². The van der Waals surface area contributed by atoms with Crippen molar-refractivity contribution in [3.05, 3.63) is 54.5 Å². The molecule has 21 heavy (non-hydrogen) atoms. The van der Waals surface area contributed by atoms with E-state index >= 15 is 0 Å². The lowest BCUT2D eigenvalue weighted by Gasteiger charge is -2.03. The number of hydrogen-bond donors (Lipinski definition) is 2. The van der Waals surface area contributed by atoms with Gasteiger partial charge in [-0.05, 0) is 12.1 Å². The highest BCUT2D eigenvalue weighted by Crippen LogP contribution is 2.07. The lowest BCUT2D eigenvalue weighted by molar-refractivity contribution is 0.0976. The number of rotatable bonds is 2. The van der Waals surface area contributed by atoms with Gasteiger partial charge in [0.25, 0.3) is 5.91 Å². The summed E-state index contributed by atoms with van der Waals surface area (Å²) in [6.07, 6.45) is 2.92. The normalized spacial score (nSPS) is 11.3. The highest BCUT2D eigenvalue weighted by molar-refractivity contribution is 7.77. The summed E-state index contributed by atoms with van der Waals surface area (Å²) in [5, 5.41) is 10.0. The van der Waals surface area contributed by atoms with Crippen molar-refractivity contribution < 1.29 is 13.6 Å². The summed E-state index contributed by atoms with van der Waals surface area (Å²) in [4.78, 5) is 14.9. The van der Waals surface area contributed by atoms with Crippen LogP contribution in [-0.4, -0.2) is 35.1 Å². The summed E-state index contributed by atoms with van der Waals surface area (Å²) in [7, 11) is 0. The molecule has 1 aromatic carbocycles. The van der Waals surface area contributed by atoms with Gasteiger partial charge in [-0.2, -0.15) is 15.4 Å². The second-order valence-corrected chi connectivity index (χ2v) is 4.39. The summed E-state index contributed by atoms with van der Waals surface area (Å²) >= 11 is -2.61. The molecule has 8 nitrogen and oxygen atoms in total. The van der Waals surface area contributed by atoms with Crippen molar-refractivity contribution in [2.75, 3.05) is 0 Å². The Labute approximate surface area is 122 Å². The van der Waals surface area contributed by atoms with Gasteiger partial charge in [-0.15, -0.1) is 0 Å². The zero-order valence-corrected chi connectivity index (χ0v) is 11.4. The predicted octanol–water partition coefficient (Wildman–Crippen LogP) is 0.563. The highest BCUT2D eigenvalue weighted by atomic mass is 32.2. The first-order chi connectivity index (χ1) is 10.2. The number of benzene rings is 1. The van der Waals surface area contributed by atoms with Gasteiger partial charge in [0.15, 0.2) is 5.69 Å². The van der Waals surface area contributed by atoms with Gasteiger partial charge in [0.2, 0.25) is 0 Å². The fourth-order valence-corrected chi connectivity index (χ4v) is 1.71. The standard InChI is InChI=1S/C9H7N.C3H4N4O3S/c1-2-6-9-8(4-1)5-3-7-10-9;8-3(6-11(9)10)2-1-4-7-5-2/h1-7H;1H,(H,6,8)(H,9,10)(H,4,5,7)/p-1. The van der Waals surface area contributed by atoms with E-state index in [9.17, 15) is 13.6 Å². The Balaban J connectivity index is 0.000000154. The van der Waals surface area contributed by atoms with E-state index in [4.69, 9.17) is 0 Å². The molecule has 0 radical (unpaired) electrons. The summed E-state index contributed by atoms with van der Waals surface area (Å²) < 4.78 is 21.4. The number of amides is 1. The molecule has 2 N–H and O–H groups in total. The molecule has 0 saturated heterocycles. The lowest BCUT2D eigenvalue weighted by Crippen LogP contribution is -2.25. The van der Waals surface area contributed by atoms with Gasteiger partial charge < -0.3 is 4.55 Å². The van der Waals surface area contributed by atoms with Crippen LogP contribution in [0.3, 0.4) is 0 Å². The summed E-state index contributed by atoms with van der Waals surface area (Å²) in [5.41, 5.74) is 0.985. The van der Waals surface area contributed by atoms with E-state index in [1.54, 1.807) is 4.72 Å². The molecule has 108 valence electrons. The number of fused-ring (bicyclic) bond motifs is 1. The van der Waals surface area contributed by atoms with E-state index in [2.05, 4.69) is 32.5 Å². The summed E-state index contributed by atoms with van der Waals surface area (Å²) in [6, 6.07) is 12.1. The first kappa shape index (κ1) is 14.8. The smallest absolute Gasteiger partial charge is 0.284 e. The van der Waals surface area contributed by atoms with Crippen molar-refractivity contribution in [2.24, 2.45) is 0 Å². The number of carbonyl (C=O) groups is 1. The number of para-hydroxylation sites is 1. The molecule has 1 amide bonds. The van der Waals surface area contributed by atoms with Crippen molar-refractivity contribution in [2.45, 2.75) is 0 Å². The molecule has 0 aliphatic carbocycles. The van der Waals surface area contributed by atoms with Crippen LogP contribution in [0.15, 0.2) is 48.8 Å². The van der Waals surface area contributed by atoms with Gasteiger partial charge in [-0.25, -0.2) is 0 Å². The molecule has 2 heterocycles. The molecule has 0 aliphatic rings. The first-order valence-corrected chi connectivity index (χ1v) is 6.80. The second-order valence-electron chi connectivity index (χ2n) is 3.72. The third kappa shape index (κ3) is 4.44. The van der Waals surface area contributed by atoms with Gasteiger partial charge in [0, 0.05) is 22.8 Å². The van der Waals surface area contributed by atoms with E-state index in [0.717, 1.165) is 11.7 Å². The Morgan fingerprint density at radius 2 is 2.00 bits per heavy atom. The van der Waals surface area contributed by atoms with Crippen LogP contribution < -0.4 is 4.72 Å². The number of carbonyl (C=O) groups excluding carboxylic acids is 1. The maximum Gasteiger partial charge on any atom is 0.284 e. The minimum atomic E-state index is -2.61. The third-order valence-electron chi connectivity index (χ3n) is 2.34. The fraction of sp³-hybridized carbons (Fsp3) is 0. The molecule has 0 spiro atoms. The Hall–Kier alpha value is -2.65. The largest absolute Gasteiger partial charge is 0.755 e. The lowest BCUT2D eigenvalue weighted by atomic mass is 10.2. The Morgan fingerprint density at radius 3 is 2.67 bits per heavy atom. The summed E-state index contributed by atoms with van der Waals surface area (Å²) in [5.74, 6) is -0.813. The van der Waals surface area contributed by atoms with Crippen LogP contribution >= 0.6 is 0 Å². The average molecular weight is 304 g/mol. The number of nitrogens with one attached hydrogen (secondary N) is 2. The van der Waals surface area contributed by atoms with Crippen molar-refractivity contribution in [1.29, 1.82) is 0 Å². The monoisotopic (exact) mass is 304 g/mol. The quantitative estimate of drug-likeness (QED) is 0.667. The van der Waals surface area contributed by atoms with Gasteiger partial charge >= 0.3 is 0 Å². The Bertz CT molecular complexity index is 682. The Morgan fingerprint density at radius 1 is 1.24 bits per heavy atom. The van der Waals surface area contributed by atoms with Crippen LogP contribution in [0.25, 0.3) is 10.9 Å². The fourth-order valence-electron chi connectivity index (χ4n) is 1.46. The van der Waals surface area contributed by atoms with Gasteiger partial charge in [0.05, 0.1) is 11.7 Å². The number of pyridine rings is 1. The molecule has 0 fully saturated rings. The zero-order valence-electron chi connectivity index (χ0n) is 10.6. The molecule has 1 atom stereocenters. The molecule has 9 heteroatoms. The van der Waals surface area contributed by atoms with E-state index in [-0.39, 0.29) is 5.69 Å². The number of hydrogen-bond acceptors (Lipinski definition) is 6. The molecule has 3 aromatic rings.